The molecular formula is C12H8BrClF3NS. The Morgan fingerprint density at radius 3 is 2.58 bits per heavy atom. The second-order valence-electron chi connectivity index (χ2n) is 3.78. The maximum atomic E-state index is 12.7. The minimum absolute atomic E-state index is 0.295. The van der Waals surface area contributed by atoms with E-state index in [1.54, 1.807) is 0 Å². The Labute approximate surface area is 125 Å². The van der Waals surface area contributed by atoms with Gasteiger partial charge in [0.25, 0.3) is 0 Å². The lowest BCUT2D eigenvalue weighted by Crippen LogP contribution is -2.07. The van der Waals surface area contributed by atoms with E-state index in [4.69, 9.17) is 11.6 Å². The molecule has 1 N–H and O–H groups in total. The molecule has 2 rings (SSSR count). The molecule has 0 aliphatic heterocycles. The van der Waals surface area contributed by atoms with Crippen molar-refractivity contribution in [2.45, 2.75) is 12.7 Å². The number of rotatable bonds is 3. The molecule has 1 heterocycles. The SMILES string of the molecule is FC(F)(F)c1cc(NCc2cc(Br)cs2)ccc1Cl. The Morgan fingerprint density at radius 2 is 2.00 bits per heavy atom. The van der Waals surface area contributed by atoms with Crippen molar-refractivity contribution in [3.05, 3.63) is 49.6 Å². The molecule has 1 aromatic heterocycles. The molecule has 1 aromatic carbocycles. The van der Waals surface area contributed by atoms with Gasteiger partial charge in [-0.25, -0.2) is 0 Å². The predicted molar refractivity (Wildman–Crippen MR) is 75.8 cm³/mol. The van der Waals surface area contributed by atoms with E-state index in [0.717, 1.165) is 15.4 Å². The Balaban J connectivity index is 2.13. The predicted octanol–water partition coefficient (Wildman–Crippen LogP) is 5.79. The molecule has 0 bridgehead atoms. The third-order valence-corrected chi connectivity index (χ3v) is 4.39. The zero-order valence-electron chi connectivity index (χ0n) is 9.39. The molecule has 1 nitrogen and oxygen atoms in total. The van der Waals surface area contributed by atoms with Crippen LogP contribution in [0, 0.1) is 0 Å². The van der Waals surface area contributed by atoms with Gasteiger partial charge in [0.1, 0.15) is 0 Å². The van der Waals surface area contributed by atoms with E-state index in [-0.39, 0.29) is 5.02 Å². The van der Waals surface area contributed by atoms with Crippen molar-refractivity contribution < 1.29 is 13.2 Å². The molecule has 0 atom stereocenters. The first-order valence-electron chi connectivity index (χ1n) is 5.20. The van der Waals surface area contributed by atoms with Gasteiger partial charge in [-0.2, -0.15) is 13.2 Å². The maximum absolute atomic E-state index is 12.7. The molecule has 0 fully saturated rings. The number of nitrogens with one attached hydrogen (secondary N) is 1. The number of thiophene rings is 1. The lowest BCUT2D eigenvalue weighted by Gasteiger charge is -2.11. The molecule has 0 amide bonds. The van der Waals surface area contributed by atoms with Gasteiger partial charge in [0, 0.05) is 27.0 Å². The molecule has 0 radical (unpaired) electrons. The summed E-state index contributed by atoms with van der Waals surface area (Å²) >= 11 is 10.4. The van der Waals surface area contributed by atoms with Crippen molar-refractivity contribution in [1.82, 2.24) is 0 Å². The fourth-order valence-electron chi connectivity index (χ4n) is 1.49. The van der Waals surface area contributed by atoms with Crippen LogP contribution in [0.4, 0.5) is 18.9 Å². The number of hydrogen-bond acceptors (Lipinski definition) is 2. The van der Waals surface area contributed by atoms with Gasteiger partial charge in [0.15, 0.2) is 0 Å². The van der Waals surface area contributed by atoms with Crippen LogP contribution in [0.2, 0.25) is 5.02 Å². The number of benzene rings is 1. The second kappa shape index (κ2) is 5.73. The fraction of sp³-hybridized carbons (Fsp3) is 0.167. The van der Waals surface area contributed by atoms with Crippen molar-refractivity contribution >= 4 is 44.6 Å². The van der Waals surface area contributed by atoms with Crippen LogP contribution in [-0.4, -0.2) is 0 Å². The molecule has 0 saturated heterocycles. The summed E-state index contributed by atoms with van der Waals surface area (Å²) in [6.07, 6.45) is -4.44. The molecule has 2 aromatic rings. The summed E-state index contributed by atoms with van der Waals surface area (Å²) in [6.45, 7) is 0.467. The average molecular weight is 371 g/mol. The van der Waals surface area contributed by atoms with Gasteiger partial charge in [0.2, 0.25) is 0 Å². The van der Waals surface area contributed by atoms with Crippen LogP contribution < -0.4 is 5.32 Å². The van der Waals surface area contributed by atoms with Crippen LogP contribution in [-0.2, 0) is 12.7 Å². The van der Waals surface area contributed by atoms with Gasteiger partial charge in [-0.05, 0) is 40.2 Å². The van der Waals surface area contributed by atoms with Gasteiger partial charge >= 0.3 is 6.18 Å². The highest BCUT2D eigenvalue weighted by Crippen LogP contribution is 2.36. The monoisotopic (exact) mass is 369 g/mol. The fourth-order valence-corrected chi connectivity index (χ4v) is 3.10. The summed E-state index contributed by atoms with van der Waals surface area (Å²) in [4.78, 5) is 1.02. The number of anilines is 1. The molecule has 102 valence electrons. The minimum Gasteiger partial charge on any atom is -0.380 e. The molecule has 0 spiro atoms. The van der Waals surface area contributed by atoms with Crippen LogP contribution in [0.5, 0.6) is 0 Å². The largest absolute Gasteiger partial charge is 0.417 e. The summed E-state index contributed by atoms with van der Waals surface area (Å²) in [6, 6.07) is 5.71. The van der Waals surface area contributed by atoms with E-state index in [0.29, 0.717) is 12.2 Å². The van der Waals surface area contributed by atoms with Crippen molar-refractivity contribution in [2.75, 3.05) is 5.32 Å². The summed E-state index contributed by atoms with van der Waals surface area (Å²) in [5.74, 6) is 0. The van der Waals surface area contributed by atoms with E-state index in [9.17, 15) is 13.2 Å². The third-order valence-electron chi connectivity index (χ3n) is 2.36. The summed E-state index contributed by atoms with van der Waals surface area (Å²) in [5, 5.41) is 4.57. The van der Waals surface area contributed by atoms with E-state index in [1.165, 1.54) is 23.5 Å². The Kier molecular flexibility index (Phi) is 4.43. The summed E-state index contributed by atoms with van der Waals surface area (Å²) in [7, 11) is 0. The topological polar surface area (TPSA) is 12.0 Å². The standard InChI is InChI=1S/C12H8BrClF3NS/c13-7-3-9(19-6-7)5-18-8-1-2-11(14)10(4-8)12(15,16)17/h1-4,6,18H,5H2. The molecule has 0 saturated carbocycles. The van der Waals surface area contributed by atoms with Gasteiger partial charge < -0.3 is 5.32 Å². The molecule has 0 unspecified atom stereocenters. The molecule has 19 heavy (non-hydrogen) atoms. The second-order valence-corrected chi connectivity index (χ2v) is 6.10. The minimum atomic E-state index is -4.44. The number of halogens is 5. The highest BCUT2D eigenvalue weighted by atomic mass is 79.9. The van der Waals surface area contributed by atoms with Gasteiger partial charge in [0.05, 0.1) is 10.6 Å². The van der Waals surface area contributed by atoms with E-state index >= 15 is 0 Å². The number of hydrogen-bond donors (Lipinski definition) is 1. The molecule has 0 aliphatic rings. The van der Waals surface area contributed by atoms with Gasteiger partial charge in [-0.1, -0.05) is 11.6 Å². The zero-order valence-corrected chi connectivity index (χ0v) is 12.6. The van der Waals surface area contributed by atoms with Crippen LogP contribution in [0.3, 0.4) is 0 Å². The Hall–Kier alpha value is -0.720. The maximum Gasteiger partial charge on any atom is 0.417 e. The summed E-state index contributed by atoms with van der Waals surface area (Å²) < 4.78 is 39.0. The van der Waals surface area contributed by atoms with Crippen LogP contribution in [0.15, 0.2) is 34.1 Å². The average Bonchev–Trinajstić information content (AvgIpc) is 2.72. The van der Waals surface area contributed by atoms with E-state index in [2.05, 4.69) is 21.2 Å². The van der Waals surface area contributed by atoms with Crippen LogP contribution >= 0.6 is 38.9 Å². The van der Waals surface area contributed by atoms with E-state index < -0.39 is 11.7 Å². The van der Waals surface area contributed by atoms with Crippen molar-refractivity contribution in [2.24, 2.45) is 0 Å². The lowest BCUT2D eigenvalue weighted by molar-refractivity contribution is -0.137. The first-order chi connectivity index (χ1) is 8.86. The normalized spacial score (nSPS) is 11.6. The first-order valence-corrected chi connectivity index (χ1v) is 7.25. The Bertz CT molecular complexity index is 583. The lowest BCUT2D eigenvalue weighted by atomic mass is 10.2. The van der Waals surface area contributed by atoms with E-state index in [1.807, 2.05) is 11.4 Å². The Morgan fingerprint density at radius 1 is 1.26 bits per heavy atom. The van der Waals surface area contributed by atoms with Crippen molar-refractivity contribution in [3.63, 3.8) is 0 Å². The zero-order chi connectivity index (χ0) is 14.0. The van der Waals surface area contributed by atoms with Crippen molar-refractivity contribution in [3.8, 4) is 0 Å². The third kappa shape index (κ3) is 3.87. The highest BCUT2D eigenvalue weighted by Gasteiger charge is 2.33. The quantitative estimate of drug-likeness (QED) is 0.720. The molecule has 7 heteroatoms. The highest BCUT2D eigenvalue weighted by molar-refractivity contribution is 9.10. The molecule has 0 aliphatic carbocycles. The molecular weight excluding hydrogens is 363 g/mol. The van der Waals surface area contributed by atoms with Crippen LogP contribution in [0.25, 0.3) is 0 Å². The van der Waals surface area contributed by atoms with Gasteiger partial charge in [-0.15, -0.1) is 11.3 Å². The summed E-state index contributed by atoms with van der Waals surface area (Å²) in [5.41, 5.74) is -0.437. The van der Waals surface area contributed by atoms with Gasteiger partial charge in [-0.3, -0.25) is 0 Å². The first kappa shape index (κ1) is 14.7. The van der Waals surface area contributed by atoms with Crippen LogP contribution in [0.1, 0.15) is 10.4 Å². The smallest absolute Gasteiger partial charge is 0.380 e. The number of alkyl halides is 3. The van der Waals surface area contributed by atoms with Crippen molar-refractivity contribution in [1.29, 1.82) is 0 Å².